The molecule has 9 nitrogen and oxygen atoms in total. The first-order valence-corrected chi connectivity index (χ1v) is 11.3. The molecule has 7 rings (SSSR count). The number of hydrogen-bond acceptors (Lipinski definition) is 8. The second-order valence-corrected chi connectivity index (χ2v) is 9.82. The van der Waals surface area contributed by atoms with Crippen molar-refractivity contribution in [1.29, 1.82) is 0 Å². The Hall–Kier alpha value is -2.62. The molecule has 6 atom stereocenters. The van der Waals surface area contributed by atoms with E-state index in [1.165, 1.54) is 26.2 Å². The molecule has 3 heterocycles. The van der Waals surface area contributed by atoms with Crippen molar-refractivity contribution in [2.24, 2.45) is 5.41 Å². The fourth-order valence-electron chi connectivity index (χ4n) is 8.42. The van der Waals surface area contributed by atoms with Gasteiger partial charge in [-0.1, -0.05) is 24.3 Å². The number of aliphatic hydroxyl groups excluding tert-OH is 1. The Kier molecular flexibility index (Phi) is 3.99. The first-order chi connectivity index (χ1) is 15.8. The molecule has 1 amide bonds. The molecule has 0 aromatic heterocycles. The van der Waals surface area contributed by atoms with E-state index < -0.39 is 40.1 Å². The van der Waals surface area contributed by atoms with Crippen molar-refractivity contribution in [3.05, 3.63) is 35.9 Å². The molecule has 3 saturated carbocycles. The number of para-hydroxylation sites is 1. The molecule has 176 valence electrons. The average molecular weight is 456 g/mol. The highest BCUT2D eigenvalue weighted by Crippen LogP contribution is 2.76. The van der Waals surface area contributed by atoms with Gasteiger partial charge in [0.25, 0.3) is 0 Å². The Morgan fingerprint density at radius 3 is 2.61 bits per heavy atom. The van der Waals surface area contributed by atoms with Gasteiger partial charge in [-0.3, -0.25) is 9.80 Å². The van der Waals surface area contributed by atoms with Crippen molar-refractivity contribution < 1.29 is 34.0 Å². The van der Waals surface area contributed by atoms with Crippen LogP contribution in [0.3, 0.4) is 0 Å². The zero-order valence-corrected chi connectivity index (χ0v) is 18.9. The van der Waals surface area contributed by atoms with Crippen molar-refractivity contribution in [3.63, 3.8) is 0 Å². The Balaban J connectivity index is 1.79. The first kappa shape index (κ1) is 20.9. The molecule has 9 heteroatoms. The van der Waals surface area contributed by atoms with E-state index in [-0.39, 0.29) is 12.5 Å². The third-order valence-corrected chi connectivity index (χ3v) is 9.25. The number of amides is 1. The molecule has 4 fully saturated rings. The van der Waals surface area contributed by atoms with Crippen LogP contribution in [-0.4, -0.2) is 84.9 Å². The topological polar surface area (TPSA) is 109 Å². The van der Waals surface area contributed by atoms with Crippen LogP contribution in [0.4, 0.5) is 10.5 Å². The summed E-state index contributed by atoms with van der Waals surface area (Å²) in [6.45, 7) is 1.40. The number of ether oxygens (including phenoxy) is 3. The number of carbonyl (C=O) groups is 2. The molecular weight excluding hydrogens is 428 g/mol. The van der Waals surface area contributed by atoms with E-state index in [0.717, 1.165) is 5.56 Å². The van der Waals surface area contributed by atoms with E-state index in [0.29, 0.717) is 37.4 Å². The average Bonchev–Trinajstić information content (AvgIpc) is 3.37. The zero-order chi connectivity index (χ0) is 23.4. The van der Waals surface area contributed by atoms with E-state index in [1.807, 2.05) is 24.3 Å². The Bertz CT molecular complexity index is 1110. The highest BCUT2D eigenvalue weighted by molar-refractivity contribution is 6.01. The predicted octanol–water partition coefficient (Wildman–Crippen LogP) is 0.961. The standard InChI is InChI=1S/C24H28N2O7/c1-31-15-7-4-6-14-16(15)26(20(29)33-3)23-10-9-21(18(27)24(23,30)19(28)32-2)8-5-12-25-13-11-22(14,23)17(21)25/h4-8,17-18,27,30H,9-13H2,1-3H3. The number of benzene rings is 1. The molecule has 1 aromatic rings. The number of aliphatic hydroxyl groups is 2. The molecule has 3 aliphatic carbocycles. The number of hydrogen-bond donors (Lipinski definition) is 2. The van der Waals surface area contributed by atoms with E-state index in [4.69, 9.17) is 14.2 Å². The normalized spacial score (nSPS) is 41.9. The number of esters is 1. The summed E-state index contributed by atoms with van der Waals surface area (Å²) in [5.74, 6) is -0.509. The minimum atomic E-state index is -2.38. The van der Waals surface area contributed by atoms with E-state index in [1.54, 1.807) is 6.07 Å². The highest BCUT2D eigenvalue weighted by Gasteiger charge is 2.89. The molecule has 6 unspecified atom stereocenters. The maximum atomic E-state index is 13.5. The van der Waals surface area contributed by atoms with Crippen LogP contribution in [-0.2, 0) is 19.7 Å². The summed E-state index contributed by atoms with van der Waals surface area (Å²) < 4.78 is 16.0. The maximum Gasteiger partial charge on any atom is 0.414 e. The van der Waals surface area contributed by atoms with Gasteiger partial charge in [0.1, 0.15) is 17.4 Å². The molecule has 2 N–H and O–H groups in total. The van der Waals surface area contributed by atoms with Crippen molar-refractivity contribution in [3.8, 4) is 5.75 Å². The van der Waals surface area contributed by atoms with Crippen LogP contribution in [0.1, 0.15) is 24.8 Å². The maximum absolute atomic E-state index is 13.5. The Morgan fingerprint density at radius 2 is 1.91 bits per heavy atom. The van der Waals surface area contributed by atoms with Crippen LogP contribution in [0.2, 0.25) is 0 Å². The van der Waals surface area contributed by atoms with Crippen LogP contribution >= 0.6 is 0 Å². The molecule has 1 aromatic carbocycles. The van der Waals surface area contributed by atoms with Gasteiger partial charge in [-0.05, 0) is 37.4 Å². The van der Waals surface area contributed by atoms with E-state index >= 15 is 0 Å². The molecule has 0 radical (unpaired) electrons. The summed E-state index contributed by atoms with van der Waals surface area (Å²) in [4.78, 5) is 30.6. The summed E-state index contributed by atoms with van der Waals surface area (Å²) in [6, 6.07) is 5.35. The summed E-state index contributed by atoms with van der Waals surface area (Å²) in [5.41, 5.74) is -4.29. The summed E-state index contributed by atoms with van der Waals surface area (Å²) >= 11 is 0. The van der Waals surface area contributed by atoms with E-state index in [9.17, 15) is 19.8 Å². The summed E-state index contributed by atoms with van der Waals surface area (Å²) in [5, 5.41) is 24.2. The van der Waals surface area contributed by atoms with Crippen LogP contribution < -0.4 is 9.64 Å². The Morgan fingerprint density at radius 1 is 1.12 bits per heavy atom. The molecule has 1 saturated heterocycles. The van der Waals surface area contributed by atoms with Crippen molar-refractivity contribution in [1.82, 2.24) is 4.90 Å². The molecule has 2 bridgehead atoms. The first-order valence-electron chi connectivity index (χ1n) is 11.3. The van der Waals surface area contributed by atoms with Crippen molar-refractivity contribution in [2.75, 3.05) is 39.3 Å². The van der Waals surface area contributed by atoms with Gasteiger partial charge in [0.2, 0.25) is 5.60 Å². The van der Waals surface area contributed by atoms with Gasteiger partial charge in [0.15, 0.2) is 0 Å². The fraction of sp³-hybridized carbons (Fsp3) is 0.583. The molecule has 6 aliphatic rings. The number of rotatable bonds is 2. The third-order valence-electron chi connectivity index (χ3n) is 9.25. The van der Waals surface area contributed by atoms with Crippen molar-refractivity contribution in [2.45, 2.75) is 48.0 Å². The van der Waals surface area contributed by atoms with Gasteiger partial charge in [-0.15, -0.1) is 0 Å². The lowest BCUT2D eigenvalue weighted by Crippen LogP contribution is -2.90. The predicted molar refractivity (Wildman–Crippen MR) is 116 cm³/mol. The van der Waals surface area contributed by atoms with Gasteiger partial charge >= 0.3 is 12.1 Å². The van der Waals surface area contributed by atoms with Crippen LogP contribution in [0.15, 0.2) is 30.4 Å². The lowest BCUT2D eigenvalue weighted by molar-refractivity contribution is -0.262. The summed E-state index contributed by atoms with van der Waals surface area (Å²) in [6.07, 6.45) is 3.17. The smallest absolute Gasteiger partial charge is 0.414 e. The van der Waals surface area contributed by atoms with E-state index in [2.05, 4.69) is 4.90 Å². The lowest BCUT2D eigenvalue weighted by Gasteiger charge is -2.72. The number of nitrogens with zero attached hydrogens (tertiary/aromatic N) is 2. The quantitative estimate of drug-likeness (QED) is 0.501. The number of fused-ring (bicyclic) bond motifs is 3. The summed E-state index contributed by atoms with van der Waals surface area (Å²) in [7, 11) is 3.98. The molecule has 3 spiro atoms. The highest BCUT2D eigenvalue weighted by atomic mass is 16.6. The zero-order valence-electron chi connectivity index (χ0n) is 18.9. The second-order valence-electron chi connectivity index (χ2n) is 9.82. The fourth-order valence-corrected chi connectivity index (χ4v) is 8.42. The Labute approximate surface area is 191 Å². The molecule has 3 aliphatic heterocycles. The minimum Gasteiger partial charge on any atom is -0.495 e. The van der Waals surface area contributed by atoms with Crippen LogP contribution in [0.25, 0.3) is 0 Å². The van der Waals surface area contributed by atoms with Crippen LogP contribution in [0.5, 0.6) is 5.75 Å². The number of anilines is 1. The van der Waals surface area contributed by atoms with Gasteiger partial charge in [-0.2, -0.15) is 0 Å². The largest absolute Gasteiger partial charge is 0.495 e. The van der Waals surface area contributed by atoms with Crippen LogP contribution in [0, 0.1) is 5.41 Å². The molecular formula is C24H28N2O7. The van der Waals surface area contributed by atoms with Gasteiger partial charge in [0.05, 0.1) is 27.0 Å². The lowest BCUT2D eigenvalue weighted by atomic mass is 9.37. The van der Waals surface area contributed by atoms with Gasteiger partial charge < -0.3 is 24.4 Å². The number of methoxy groups -OCH3 is 3. The molecule has 33 heavy (non-hydrogen) atoms. The van der Waals surface area contributed by atoms with Gasteiger partial charge in [-0.25, -0.2) is 9.59 Å². The SMILES string of the molecule is COC(=O)N1c2c(OC)cccc2C23CCN4CC=CC5(CCC12C(O)(C(=O)OC)C5O)C43. The van der Waals surface area contributed by atoms with Crippen molar-refractivity contribution >= 4 is 17.7 Å². The minimum absolute atomic E-state index is 0.218. The second kappa shape index (κ2) is 6.28. The third kappa shape index (κ3) is 1.84. The number of carbonyl (C=O) groups excluding carboxylic acids is 2. The monoisotopic (exact) mass is 456 g/mol. The van der Waals surface area contributed by atoms with Gasteiger partial charge in [0, 0.05) is 23.4 Å².